The minimum atomic E-state index is -3.86. The van der Waals surface area contributed by atoms with Crippen LogP contribution in [-0.2, 0) is 30.1 Å². The number of nitrogens with zero attached hydrogens (tertiary/aromatic N) is 3. The summed E-state index contributed by atoms with van der Waals surface area (Å²) >= 11 is 0. The van der Waals surface area contributed by atoms with Crippen molar-refractivity contribution < 1.29 is 25.3 Å². The van der Waals surface area contributed by atoms with Gasteiger partial charge in [-0.3, -0.25) is 0 Å². The smallest absolute Gasteiger partial charge is 0.207 e. The third-order valence-electron chi connectivity index (χ3n) is 9.81. The number of unbranched alkanes of at least 4 members (excludes halogenated alkanes) is 3. The van der Waals surface area contributed by atoms with Crippen molar-refractivity contribution in [3.8, 4) is 0 Å². The van der Waals surface area contributed by atoms with E-state index in [4.69, 9.17) is 0 Å². The molecule has 0 unspecified atom stereocenters. The lowest BCUT2D eigenvalue weighted by Crippen LogP contribution is -2.36. The van der Waals surface area contributed by atoms with E-state index in [0.29, 0.717) is 90.5 Å². The van der Waals surface area contributed by atoms with Crippen LogP contribution in [0.25, 0.3) is 0 Å². The van der Waals surface area contributed by atoms with Crippen LogP contribution < -0.4 is 0 Å². The van der Waals surface area contributed by atoms with Gasteiger partial charge in [-0.1, -0.05) is 73.4 Å². The second-order valence-electron chi connectivity index (χ2n) is 14.8. The maximum atomic E-state index is 14.3. The molecular weight excluding hydrogens is 727 g/mol. The summed E-state index contributed by atoms with van der Waals surface area (Å²) in [7, 11) is -11.3. The Morgan fingerprint density at radius 3 is 0.906 bits per heavy atom. The Balaban J connectivity index is 1.76. The quantitative estimate of drug-likeness (QED) is 0.107. The van der Waals surface area contributed by atoms with E-state index in [1.54, 1.807) is 0 Å². The molecule has 0 aliphatic rings. The monoisotopic (exact) mass is 789 g/mol. The second-order valence-corrected chi connectivity index (χ2v) is 20.4. The molecule has 0 aromatic heterocycles. The molecule has 0 amide bonds. The molecule has 0 N–H and O–H groups in total. The van der Waals surface area contributed by atoms with Gasteiger partial charge >= 0.3 is 0 Å². The first-order valence-corrected chi connectivity index (χ1v) is 23.3. The van der Waals surface area contributed by atoms with Crippen LogP contribution in [0.5, 0.6) is 0 Å². The summed E-state index contributed by atoms with van der Waals surface area (Å²) in [6.45, 7) is 22.5. The van der Waals surface area contributed by atoms with Gasteiger partial charge in [0.1, 0.15) is 0 Å². The summed E-state index contributed by atoms with van der Waals surface area (Å²) in [5, 5.41) is 0. The van der Waals surface area contributed by atoms with Crippen LogP contribution in [-0.4, -0.2) is 77.4 Å². The number of hydrogen-bond donors (Lipinski definition) is 0. The number of aryl methyl sites for hydroxylation is 9. The molecule has 0 spiro atoms. The molecule has 3 rings (SSSR count). The van der Waals surface area contributed by atoms with E-state index in [-0.39, 0.29) is 13.1 Å². The summed E-state index contributed by atoms with van der Waals surface area (Å²) in [5.41, 5.74) is 7.35. The van der Waals surface area contributed by atoms with Crippen molar-refractivity contribution in [1.29, 1.82) is 0 Å². The van der Waals surface area contributed by atoms with Crippen LogP contribution in [0.2, 0.25) is 0 Å². The Morgan fingerprint density at radius 2 is 0.623 bits per heavy atom. The summed E-state index contributed by atoms with van der Waals surface area (Å²) in [6.07, 6.45) is 3.45. The zero-order chi connectivity index (χ0) is 39.9. The van der Waals surface area contributed by atoms with Crippen LogP contribution in [0, 0.1) is 62.3 Å². The third kappa shape index (κ3) is 10.8. The fourth-order valence-corrected chi connectivity index (χ4v) is 13.6. The second kappa shape index (κ2) is 18.8. The highest BCUT2D eigenvalue weighted by atomic mass is 32.2. The standard InChI is InChI=1S/C41H63N3O6S3/c1-12-19-43(52(47,48)40-35(8)26-31(4)27-36(40)9)22-17-18-23-44(53(49,50)41-37(10)28-32(5)29-38(41)11)21-16-14-15-20-42(13-2)51(45,46)39-33(6)24-30(3)25-34(39)7/h24-29H,12-23H2,1-11H3. The summed E-state index contributed by atoms with van der Waals surface area (Å²) < 4.78 is 88.3. The topological polar surface area (TPSA) is 112 Å². The molecule has 0 bridgehead atoms. The first kappa shape index (κ1) is 44.8. The van der Waals surface area contributed by atoms with Gasteiger partial charge in [-0.15, -0.1) is 0 Å². The summed E-state index contributed by atoms with van der Waals surface area (Å²) in [6, 6.07) is 11.4. The largest absolute Gasteiger partial charge is 0.243 e. The van der Waals surface area contributed by atoms with Crippen LogP contribution in [0.15, 0.2) is 51.1 Å². The van der Waals surface area contributed by atoms with Gasteiger partial charge < -0.3 is 0 Å². The molecule has 53 heavy (non-hydrogen) atoms. The Kier molecular flexibility index (Phi) is 15.9. The van der Waals surface area contributed by atoms with Gasteiger partial charge in [0, 0.05) is 39.3 Å². The van der Waals surface area contributed by atoms with E-state index >= 15 is 0 Å². The van der Waals surface area contributed by atoms with Crippen LogP contribution in [0.3, 0.4) is 0 Å². The zero-order valence-corrected chi connectivity index (χ0v) is 36.4. The molecular formula is C41H63N3O6S3. The molecule has 0 aliphatic carbocycles. The van der Waals surface area contributed by atoms with E-state index < -0.39 is 30.1 Å². The van der Waals surface area contributed by atoms with E-state index in [2.05, 4.69) is 0 Å². The van der Waals surface area contributed by atoms with Crippen LogP contribution >= 0.6 is 0 Å². The Labute approximate surface area is 322 Å². The van der Waals surface area contributed by atoms with Crippen molar-refractivity contribution in [2.45, 2.75) is 129 Å². The minimum absolute atomic E-state index is 0.249. The molecule has 12 heteroatoms. The first-order chi connectivity index (χ1) is 24.7. The number of sulfonamides is 3. The van der Waals surface area contributed by atoms with Crippen molar-refractivity contribution in [3.63, 3.8) is 0 Å². The highest BCUT2D eigenvalue weighted by molar-refractivity contribution is 7.89. The zero-order valence-electron chi connectivity index (χ0n) is 34.0. The lowest BCUT2D eigenvalue weighted by Gasteiger charge is -2.26. The Hall–Kier alpha value is -2.61. The molecule has 9 nitrogen and oxygen atoms in total. The van der Waals surface area contributed by atoms with Crippen LogP contribution in [0.1, 0.15) is 102 Å². The number of hydrogen-bond acceptors (Lipinski definition) is 6. The number of benzene rings is 3. The fraction of sp³-hybridized carbons (Fsp3) is 0.561. The van der Waals surface area contributed by atoms with E-state index in [1.807, 2.05) is 113 Å². The molecule has 3 aromatic carbocycles. The highest BCUT2D eigenvalue weighted by Crippen LogP contribution is 2.29. The molecule has 0 saturated heterocycles. The maximum absolute atomic E-state index is 14.3. The average molecular weight is 790 g/mol. The SMILES string of the molecule is CCCN(CCCCN(CCCCCN(CC)S(=O)(=O)c1c(C)cc(C)cc1C)S(=O)(=O)c1c(C)cc(C)cc1C)S(=O)(=O)c1c(C)cc(C)cc1C. The van der Waals surface area contributed by atoms with E-state index in [0.717, 1.165) is 38.9 Å². The molecule has 0 fully saturated rings. The number of rotatable bonds is 20. The predicted molar refractivity (Wildman–Crippen MR) is 217 cm³/mol. The first-order valence-electron chi connectivity index (χ1n) is 18.9. The molecule has 296 valence electrons. The van der Waals surface area contributed by atoms with Gasteiger partial charge in [0.15, 0.2) is 0 Å². The van der Waals surface area contributed by atoms with Gasteiger partial charge in [0.05, 0.1) is 14.7 Å². The van der Waals surface area contributed by atoms with Gasteiger partial charge in [0.25, 0.3) is 0 Å². The normalized spacial score (nSPS) is 12.8. The third-order valence-corrected chi connectivity index (χ3v) is 16.5. The molecule has 0 atom stereocenters. The van der Waals surface area contributed by atoms with Gasteiger partial charge in [-0.05, 0) is 128 Å². The average Bonchev–Trinajstić information content (AvgIpc) is 3.00. The Morgan fingerprint density at radius 1 is 0.377 bits per heavy atom. The van der Waals surface area contributed by atoms with Crippen molar-refractivity contribution in [2.75, 3.05) is 39.3 Å². The lowest BCUT2D eigenvalue weighted by molar-refractivity contribution is 0.357. The lowest BCUT2D eigenvalue weighted by atomic mass is 10.1. The maximum Gasteiger partial charge on any atom is 0.243 e. The van der Waals surface area contributed by atoms with E-state index in [9.17, 15) is 25.3 Å². The fourth-order valence-electron chi connectivity index (χ4n) is 7.84. The summed E-state index contributed by atoms with van der Waals surface area (Å²) in [5.74, 6) is 0. The molecule has 0 aliphatic heterocycles. The van der Waals surface area contributed by atoms with Crippen molar-refractivity contribution in [2.24, 2.45) is 0 Å². The minimum Gasteiger partial charge on any atom is -0.207 e. The molecule has 0 saturated carbocycles. The van der Waals surface area contributed by atoms with Crippen molar-refractivity contribution >= 4 is 30.1 Å². The molecule has 0 heterocycles. The highest BCUT2D eigenvalue weighted by Gasteiger charge is 2.30. The van der Waals surface area contributed by atoms with Gasteiger partial charge in [-0.25, -0.2) is 25.3 Å². The Bertz CT molecular complexity index is 2010. The predicted octanol–water partition coefficient (Wildman–Crippen LogP) is 8.22. The van der Waals surface area contributed by atoms with Gasteiger partial charge in [-0.2, -0.15) is 12.9 Å². The van der Waals surface area contributed by atoms with E-state index in [1.165, 1.54) is 12.9 Å². The van der Waals surface area contributed by atoms with Gasteiger partial charge in [0.2, 0.25) is 30.1 Å². The van der Waals surface area contributed by atoms with Crippen LogP contribution in [0.4, 0.5) is 0 Å². The van der Waals surface area contributed by atoms with Crippen molar-refractivity contribution in [3.05, 3.63) is 86.5 Å². The van der Waals surface area contributed by atoms with Crippen molar-refractivity contribution in [1.82, 2.24) is 12.9 Å². The molecule has 3 aromatic rings. The molecule has 0 radical (unpaired) electrons. The summed E-state index contributed by atoms with van der Waals surface area (Å²) in [4.78, 5) is 1.03.